The molecule has 0 spiro atoms. The number of hydrogen-bond donors (Lipinski definition) is 1. The van der Waals surface area contributed by atoms with Crippen molar-refractivity contribution < 1.29 is 14.4 Å². The van der Waals surface area contributed by atoms with Gasteiger partial charge in [0.15, 0.2) is 0 Å². The van der Waals surface area contributed by atoms with Gasteiger partial charge in [-0.2, -0.15) is 0 Å². The molecule has 0 aliphatic heterocycles. The number of benzene rings is 2. The number of hydrogen-bond acceptors (Lipinski definition) is 4. The van der Waals surface area contributed by atoms with Crippen molar-refractivity contribution in [1.29, 1.82) is 0 Å². The lowest BCUT2D eigenvalue weighted by atomic mass is 9.69. The van der Waals surface area contributed by atoms with Gasteiger partial charge in [-0.3, -0.25) is 0 Å². The van der Waals surface area contributed by atoms with Crippen molar-refractivity contribution in [3.63, 3.8) is 0 Å². The third kappa shape index (κ3) is 3.94. The van der Waals surface area contributed by atoms with E-state index < -0.39 is 5.60 Å². The summed E-state index contributed by atoms with van der Waals surface area (Å²) in [7, 11) is 0. The number of ether oxygens (including phenoxy) is 1. The average Bonchev–Trinajstić information content (AvgIpc) is 3.56. The standard InChI is InChI=1S/C27H26BrCl2NO3/c28-19-4-1-3-16(11-19)27(32)17-9-10-18(27)13-20(12-17)33-14-21-25(31-34-26(21)15-7-8-15)24-22(29)5-2-6-23(24)30/h1-6,11,15,17-18,20,32H,7-10,12-14H2/t17-,18+,20+,27-. The molecule has 3 fully saturated rings. The molecule has 4 atom stereocenters. The Balaban J connectivity index is 1.24. The third-order valence-electron chi connectivity index (χ3n) is 7.92. The average molecular weight is 563 g/mol. The Bertz CT molecular complexity index is 1190. The van der Waals surface area contributed by atoms with Crippen molar-refractivity contribution in [1.82, 2.24) is 5.16 Å². The topological polar surface area (TPSA) is 55.5 Å². The van der Waals surface area contributed by atoms with Gasteiger partial charge in [0.1, 0.15) is 11.5 Å². The molecular formula is C27H26BrCl2NO3. The Hall–Kier alpha value is -1.37. The fourth-order valence-electron chi connectivity index (χ4n) is 6.10. The van der Waals surface area contributed by atoms with Crippen LogP contribution in [0.25, 0.3) is 11.3 Å². The van der Waals surface area contributed by atoms with Crippen molar-refractivity contribution in [2.75, 3.05) is 0 Å². The van der Waals surface area contributed by atoms with E-state index in [1.54, 1.807) is 0 Å². The summed E-state index contributed by atoms with van der Waals surface area (Å²) in [6, 6.07) is 13.6. The minimum absolute atomic E-state index is 0.0847. The second-order valence-electron chi connectivity index (χ2n) is 9.96. The van der Waals surface area contributed by atoms with Gasteiger partial charge in [0.05, 0.1) is 28.4 Å². The summed E-state index contributed by atoms with van der Waals surface area (Å²) in [5.41, 5.74) is 2.57. The molecule has 0 radical (unpaired) electrons. The monoisotopic (exact) mass is 561 g/mol. The van der Waals surface area contributed by atoms with E-state index in [1.165, 1.54) is 0 Å². The molecule has 1 aromatic heterocycles. The molecule has 2 bridgehead atoms. The van der Waals surface area contributed by atoms with Gasteiger partial charge >= 0.3 is 0 Å². The van der Waals surface area contributed by atoms with Gasteiger partial charge in [-0.05, 0) is 80.2 Å². The molecule has 0 saturated heterocycles. The van der Waals surface area contributed by atoms with Gasteiger partial charge in [-0.15, -0.1) is 0 Å². The lowest BCUT2D eigenvalue weighted by molar-refractivity contribution is -0.116. The minimum atomic E-state index is -0.781. The van der Waals surface area contributed by atoms with Crippen LogP contribution in [0.5, 0.6) is 0 Å². The molecule has 178 valence electrons. The van der Waals surface area contributed by atoms with Crippen molar-refractivity contribution in [2.45, 2.75) is 62.8 Å². The minimum Gasteiger partial charge on any atom is -0.385 e. The number of nitrogens with zero attached hydrogens (tertiary/aromatic N) is 1. The molecule has 4 nitrogen and oxygen atoms in total. The number of aliphatic hydroxyl groups is 1. The first kappa shape index (κ1) is 23.1. The quantitative estimate of drug-likeness (QED) is 0.332. The van der Waals surface area contributed by atoms with E-state index in [-0.39, 0.29) is 17.9 Å². The second kappa shape index (κ2) is 8.94. The summed E-state index contributed by atoms with van der Waals surface area (Å²) in [6.45, 7) is 0.408. The number of halogens is 3. The van der Waals surface area contributed by atoms with Crippen LogP contribution < -0.4 is 0 Å². The zero-order valence-electron chi connectivity index (χ0n) is 18.6. The van der Waals surface area contributed by atoms with Crippen LogP contribution in [-0.4, -0.2) is 16.4 Å². The van der Waals surface area contributed by atoms with Gasteiger partial charge < -0.3 is 14.4 Å². The Kier molecular flexibility index (Phi) is 6.06. The molecule has 34 heavy (non-hydrogen) atoms. The number of aromatic nitrogens is 1. The van der Waals surface area contributed by atoms with Crippen LogP contribution in [0.4, 0.5) is 0 Å². The van der Waals surface area contributed by atoms with E-state index in [0.29, 0.717) is 33.8 Å². The lowest BCUT2D eigenvalue weighted by Crippen LogP contribution is -2.44. The Morgan fingerprint density at radius 2 is 1.71 bits per heavy atom. The maximum Gasteiger partial charge on any atom is 0.145 e. The predicted octanol–water partition coefficient (Wildman–Crippen LogP) is 7.88. The smallest absolute Gasteiger partial charge is 0.145 e. The van der Waals surface area contributed by atoms with Crippen molar-refractivity contribution in [3.8, 4) is 11.3 Å². The zero-order valence-corrected chi connectivity index (χ0v) is 21.7. The van der Waals surface area contributed by atoms with E-state index in [2.05, 4.69) is 33.2 Å². The first-order valence-corrected chi connectivity index (χ1v) is 13.5. The van der Waals surface area contributed by atoms with E-state index in [4.69, 9.17) is 32.5 Å². The number of rotatable bonds is 6. The highest BCUT2D eigenvalue weighted by molar-refractivity contribution is 9.10. The summed E-state index contributed by atoms with van der Waals surface area (Å²) in [5.74, 6) is 1.67. The van der Waals surface area contributed by atoms with E-state index >= 15 is 0 Å². The van der Waals surface area contributed by atoms with Crippen LogP contribution in [0.1, 0.15) is 61.3 Å². The summed E-state index contributed by atoms with van der Waals surface area (Å²) in [4.78, 5) is 0. The van der Waals surface area contributed by atoms with Gasteiger partial charge in [-0.25, -0.2) is 0 Å². The van der Waals surface area contributed by atoms with E-state index in [0.717, 1.165) is 59.9 Å². The van der Waals surface area contributed by atoms with Crippen molar-refractivity contribution in [3.05, 3.63) is 73.9 Å². The first-order valence-electron chi connectivity index (χ1n) is 12.0. The van der Waals surface area contributed by atoms with Crippen LogP contribution in [0.3, 0.4) is 0 Å². The van der Waals surface area contributed by atoms with Crippen LogP contribution in [0, 0.1) is 11.8 Å². The van der Waals surface area contributed by atoms with Crippen molar-refractivity contribution >= 4 is 39.1 Å². The highest BCUT2D eigenvalue weighted by Crippen LogP contribution is 2.56. The lowest BCUT2D eigenvalue weighted by Gasteiger charge is -2.43. The molecular weight excluding hydrogens is 537 g/mol. The molecule has 1 N–H and O–H groups in total. The van der Waals surface area contributed by atoms with Crippen LogP contribution in [0.15, 0.2) is 51.5 Å². The molecule has 7 heteroatoms. The zero-order chi connectivity index (χ0) is 23.4. The Morgan fingerprint density at radius 1 is 1.03 bits per heavy atom. The highest BCUT2D eigenvalue weighted by atomic mass is 79.9. The van der Waals surface area contributed by atoms with Crippen molar-refractivity contribution in [2.24, 2.45) is 11.8 Å². The van der Waals surface area contributed by atoms with E-state index in [1.807, 2.05) is 30.3 Å². The summed E-state index contributed by atoms with van der Waals surface area (Å²) < 4.78 is 13.3. The molecule has 0 amide bonds. The van der Waals surface area contributed by atoms with Gasteiger partial charge in [0, 0.05) is 21.5 Å². The van der Waals surface area contributed by atoms with Gasteiger partial charge in [-0.1, -0.05) is 62.5 Å². The fraction of sp³-hybridized carbons (Fsp3) is 0.444. The predicted molar refractivity (Wildman–Crippen MR) is 136 cm³/mol. The molecule has 3 aromatic rings. The SMILES string of the molecule is O[C@]1(c2cccc(Br)c2)[C@@H]2CC[C@H]1C[C@@H](OCc1c(-c3c(Cl)cccc3Cl)noc1C1CC1)C2. The van der Waals surface area contributed by atoms with Gasteiger partial charge in [0.2, 0.25) is 0 Å². The van der Waals surface area contributed by atoms with Crippen LogP contribution >= 0.6 is 39.1 Å². The van der Waals surface area contributed by atoms with Gasteiger partial charge in [0.25, 0.3) is 0 Å². The Morgan fingerprint density at radius 3 is 2.35 bits per heavy atom. The largest absolute Gasteiger partial charge is 0.385 e. The molecule has 3 saturated carbocycles. The third-order valence-corrected chi connectivity index (χ3v) is 9.04. The van der Waals surface area contributed by atoms with Crippen LogP contribution in [0.2, 0.25) is 10.0 Å². The molecule has 3 aliphatic rings. The molecule has 6 rings (SSSR count). The first-order chi connectivity index (χ1) is 16.4. The summed E-state index contributed by atoms with van der Waals surface area (Å²) in [5, 5.41) is 17.3. The molecule has 3 aliphatic carbocycles. The summed E-state index contributed by atoms with van der Waals surface area (Å²) in [6.07, 6.45) is 6.01. The van der Waals surface area contributed by atoms with Crippen LogP contribution in [-0.2, 0) is 16.9 Å². The molecule has 0 unspecified atom stereocenters. The number of fused-ring (bicyclic) bond motifs is 2. The maximum absolute atomic E-state index is 11.8. The highest BCUT2D eigenvalue weighted by Gasteiger charge is 2.54. The fourth-order valence-corrected chi connectivity index (χ4v) is 7.07. The molecule has 1 heterocycles. The second-order valence-corrected chi connectivity index (χ2v) is 11.7. The molecule has 2 aromatic carbocycles. The Labute approximate surface area is 217 Å². The normalized spacial score (nSPS) is 28.4. The van der Waals surface area contributed by atoms with E-state index in [9.17, 15) is 5.11 Å². The maximum atomic E-state index is 11.8. The summed E-state index contributed by atoms with van der Waals surface area (Å²) >= 11 is 16.6.